The predicted octanol–water partition coefficient (Wildman–Crippen LogP) is 1.87. The minimum absolute atomic E-state index is 0. The Kier molecular flexibility index (Phi) is 12.2. The molecule has 0 aromatic heterocycles. The zero-order valence-corrected chi connectivity index (χ0v) is 20.0. The highest BCUT2D eigenvalue weighted by molar-refractivity contribution is 14.0. The van der Waals surface area contributed by atoms with E-state index in [1.54, 1.807) is 32.3 Å². The molecule has 0 aliphatic heterocycles. The third-order valence-electron chi connectivity index (χ3n) is 4.34. The monoisotopic (exact) mass is 541 g/mol. The molecule has 7 nitrogen and oxygen atoms in total. The number of carbonyl (C=O) groups excluding carboxylic acids is 2. The number of aliphatic imine (C=N–C) groups is 1. The van der Waals surface area contributed by atoms with Crippen LogP contribution in [0.2, 0.25) is 0 Å². The molecule has 0 saturated carbocycles. The number of nitrogens with zero attached hydrogens (tertiary/aromatic N) is 1. The van der Waals surface area contributed by atoms with Crippen LogP contribution in [-0.4, -0.2) is 51.5 Å². The van der Waals surface area contributed by atoms with Gasteiger partial charge in [-0.3, -0.25) is 14.6 Å². The number of guanidine groups is 1. The molecule has 0 aliphatic carbocycles. The minimum atomic E-state index is -0.350. The molecular formula is C22H29FIN5O2. The van der Waals surface area contributed by atoms with Crippen LogP contribution < -0.4 is 21.3 Å². The predicted molar refractivity (Wildman–Crippen MR) is 131 cm³/mol. The van der Waals surface area contributed by atoms with Crippen LogP contribution in [0.3, 0.4) is 0 Å². The summed E-state index contributed by atoms with van der Waals surface area (Å²) in [6.07, 6.45) is 0.871. The SMILES string of the molecule is CN=C(NCCNC(=O)Cc1cccc(F)c1)NCCc1cccc(C(=O)NC)c1.I. The standard InChI is InChI=1S/C22H28FN5O2.HI/c1-24-21(30)18-7-3-5-16(13-18)9-10-27-22(25-2)28-12-11-26-20(29)15-17-6-4-8-19(23)14-17;/h3-8,13-14H,9-12,15H2,1-2H3,(H,24,30)(H,26,29)(H2,25,27,28);1H. The topological polar surface area (TPSA) is 94.6 Å². The number of amides is 2. The molecule has 31 heavy (non-hydrogen) atoms. The Labute approximate surface area is 199 Å². The van der Waals surface area contributed by atoms with Gasteiger partial charge >= 0.3 is 0 Å². The fourth-order valence-corrected chi connectivity index (χ4v) is 2.84. The van der Waals surface area contributed by atoms with E-state index in [9.17, 15) is 14.0 Å². The average molecular weight is 541 g/mol. The summed E-state index contributed by atoms with van der Waals surface area (Å²) in [5, 5.41) is 11.7. The summed E-state index contributed by atoms with van der Waals surface area (Å²) < 4.78 is 13.2. The van der Waals surface area contributed by atoms with E-state index in [0.717, 1.165) is 12.0 Å². The Bertz CT molecular complexity index is 892. The molecule has 0 heterocycles. The molecule has 0 unspecified atom stereocenters. The molecule has 0 atom stereocenters. The summed E-state index contributed by atoms with van der Waals surface area (Å²) in [5.74, 6) is -0.00268. The van der Waals surface area contributed by atoms with E-state index < -0.39 is 0 Å². The maximum atomic E-state index is 13.2. The molecule has 2 rings (SSSR count). The molecular weight excluding hydrogens is 512 g/mol. The molecule has 2 aromatic carbocycles. The number of rotatable bonds is 9. The zero-order chi connectivity index (χ0) is 21.8. The smallest absolute Gasteiger partial charge is 0.251 e. The van der Waals surface area contributed by atoms with E-state index in [2.05, 4.69) is 26.3 Å². The largest absolute Gasteiger partial charge is 0.356 e. The third kappa shape index (κ3) is 9.77. The molecule has 2 amide bonds. The highest BCUT2D eigenvalue weighted by Gasteiger charge is 2.05. The summed E-state index contributed by atoms with van der Waals surface area (Å²) in [7, 11) is 3.28. The van der Waals surface area contributed by atoms with Gasteiger partial charge in [0.05, 0.1) is 6.42 Å². The van der Waals surface area contributed by atoms with Gasteiger partial charge in [-0.25, -0.2) is 4.39 Å². The van der Waals surface area contributed by atoms with Crippen molar-refractivity contribution in [3.8, 4) is 0 Å². The highest BCUT2D eigenvalue weighted by Crippen LogP contribution is 2.06. The minimum Gasteiger partial charge on any atom is -0.356 e. The van der Waals surface area contributed by atoms with Crippen LogP contribution in [0.5, 0.6) is 0 Å². The lowest BCUT2D eigenvalue weighted by Crippen LogP contribution is -2.42. The Morgan fingerprint density at radius 3 is 2.32 bits per heavy atom. The van der Waals surface area contributed by atoms with E-state index in [1.165, 1.54) is 12.1 Å². The summed E-state index contributed by atoms with van der Waals surface area (Å²) in [5.41, 5.74) is 2.31. The average Bonchev–Trinajstić information content (AvgIpc) is 2.75. The van der Waals surface area contributed by atoms with E-state index in [-0.39, 0.29) is 48.0 Å². The Morgan fingerprint density at radius 2 is 1.61 bits per heavy atom. The molecule has 9 heteroatoms. The van der Waals surface area contributed by atoms with Gasteiger partial charge in [0.2, 0.25) is 5.91 Å². The molecule has 2 aromatic rings. The summed E-state index contributed by atoms with van der Waals surface area (Å²) in [4.78, 5) is 27.8. The highest BCUT2D eigenvalue weighted by atomic mass is 127. The van der Waals surface area contributed by atoms with Crippen molar-refractivity contribution in [2.24, 2.45) is 4.99 Å². The summed E-state index contributed by atoms with van der Waals surface area (Å²) in [6.45, 7) is 1.56. The Balaban J connectivity index is 0.00000480. The molecule has 4 N–H and O–H groups in total. The van der Waals surface area contributed by atoms with Crippen LogP contribution in [0.25, 0.3) is 0 Å². The Morgan fingerprint density at radius 1 is 0.935 bits per heavy atom. The maximum absolute atomic E-state index is 13.2. The van der Waals surface area contributed by atoms with Gasteiger partial charge in [0.1, 0.15) is 5.82 Å². The number of nitrogens with one attached hydrogen (secondary N) is 4. The number of benzene rings is 2. The van der Waals surface area contributed by atoms with Crippen molar-refractivity contribution < 1.29 is 14.0 Å². The summed E-state index contributed by atoms with van der Waals surface area (Å²) in [6, 6.07) is 13.5. The van der Waals surface area contributed by atoms with E-state index in [0.29, 0.717) is 36.7 Å². The third-order valence-corrected chi connectivity index (χ3v) is 4.34. The van der Waals surface area contributed by atoms with E-state index in [1.807, 2.05) is 18.2 Å². The molecule has 0 fully saturated rings. The van der Waals surface area contributed by atoms with Gasteiger partial charge < -0.3 is 21.3 Å². The van der Waals surface area contributed by atoms with Crippen LogP contribution in [0, 0.1) is 5.82 Å². The van der Waals surface area contributed by atoms with Crippen molar-refractivity contribution in [2.45, 2.75) is 12.8 Å². The van der Waals surface area contributed by atoms with Gasteiger partial charge in [0.15, 0.2) is 5.96 Å². The van der Waals surface area contributed by atoms with Gasteiger partial charge in [-0.15, -0.1) is 24.0 Å². The summed E-state index contributed by atoms with van der Waals surface area (Å²) >= 11 is 0. The van der Waals surface area contributed by atoms with Gasteiger partial charge in [0.25, 0.3) is 5.91 Å². The van der Waals surface area contributed by atoms with Crippen LogP contribution in [-0.2, 0) is 17.6 Å². The fraction of sp³-hybridized carbons (Fsp3) is 0.318. The van der Waals surface area contributed by atoms with Crippen molar-refractivity contribution in [1.29, 1.82) is 0 Å². The normalized spacial score (nSPS) is 10.6. The van der Waals surface area contributed by atoms with Crippen LogP contribution in [0.4, 0.5) is 4.39 Å². The van der Waals surface area contributed by atoms with Crippen molar-refractivity contribution in [3.63, 3.8) is 0 Å². The first-order valence-corrected chi connectivity index (χ1v) is 9.78. The zero-order valence-electron chi connectivity index (χ0n) is 17.7. The van der Waals surface area contributed by atoms with E-state index in [4.69, 9.17) is 0 Å². The van der Waals surface area contributed by atoms with Crippen LogP contribution >= 0.6 is 24.0 Å². The number of carbonyl (C=O) groups is 2. The Hall–Kier alpha value is -2.69. The van der Waals surface area contributed by atoms with Crippen molar-refractivity contribution in [1.82, 2.24) is 21.3 Å². The van der Waals surface area contributed by atoms with E-state index >= 15 is 0 Å². The fourth-order valence-electron chi connectivity index (χ4n) is 2.84. The molecule has 0 spiro atoms. The number of hydrogen-bond donors (Lipinski definition) is 4. The second kappa shape index (κ2) is 14.3. The van der Waals surface area contributed by atoms with Crippen molar-refractivity contribution in [2.75, 3.05) is 33.7 Å². The first kappa shape index (κ1) is 26.3. The first-order valence-electron chi connectivity index (χ1n) is 9.78. The van der Waals surface area contributed by atoms with Crippen molar-refractivity contribution >= 4 is 41.8 Å². The van der Waals surface area contributed by atoms with Gasteiger partial charge in [0, 0.05) is 39.3 Å². The lowest BCUT2D eigenvalue weighted by atomic mass is 10.1. The van der Waals surface area contributed by atoms with Gasteiger partial charge in [-0.05, 0) is 41.8 Å². The van der Waals surface area contributed by atoms with Gasteiger partial charge in [-0.1, -0.05) is 24.3 Å². The maximum Gasteiger partial charge on any atom is 0.251 e. The molecule has 168 valence electrons. The molecule has 0 saturated heterocycles. The van der Waals surface area contributed by atoms with Gasteiger partial charge in [-0.2, -0.15) is 0 Å². The molecule has 0 bridgehead atoms. The van der Waals surface area contributed by atoms with Crippen LogP contribution in [0.1, 0.15) is 21.5 Å². The van der Waals surface area contributed by atoms with Crippen LogP contribution in [0.15, 0.2) is 53.5 Å². The molecule has 0 aliphatic rings. The second-order valence-electron chi connectivity index (χ2n) is 6.61. The quantitative estimate of drug-likeness (QED) is 0.169. The lowest BCUT2D eigenvalue weighted by molar-refractivity contribution is -0.120. The second-order valence-corrected chi connectivity index (χ2v) is 6.61. The number of halogens is 2. The molecule has 0 radical (unpaired) electrons. The first-order chi connectivity index (χ1) is 14.5. The lowest BCUT2D eigenvalue weighted by Gasteiger charge is -2.13. The number of hydrogen-bond acceptors (Lipinski definition) is 3. The van der Waals surface area contributed by atoms with Crippen molar-refractivity contribution in [3.05, 3.63) is 71.0 Å².